The second-order valence-electron chi connectivity index (χ2n) is 11.3. The van der Waals surface area contributed by atoms with E-state index in [4.69, 9.17) is 81.2 Å². The standard InChI is InChI=1S/C12H11ClN2O2.C12H9ClN2O.C9H9ClO.C4H6N2O.CH4.4ClH.Ti/c1-8-6-12(15-14-8)17-7-11(16)9-4-2-3-5-10(9)13;1-8-6-12-15(14-8)11(7-16-12)9-4-2-3-5-10(9)13;1-2-9(11)7-5-3-4-6-8(7)10;1-3-2-4(7)6-5-3;;;;;;/h2-6H,7H2,1H3,(H,14,15);2-7H,1H3;3-6H,2H2,1H3;2H,1H3,(H2,5,6,7);1H4;4*1H;/q;;;;;;;;;+4/p-4. The van der Waals surface area contributed by atoms with Gasteiger partial charge in [-0.05, 0) is 51.1 Å². The van der Waals surface area contributed by atoms with Crippen LogP contribution in [0.2, 0.25) is 15.1 Å². The van der Waals surface area contributed by atoms with Gasteiger partial charge in [0, 0.05) is 52.7 Å². The fourth-order valence-electron chi connectivity index (χ4n) is 4.42. The van der Waals surface area contributed by atoms with Crippen LogP contribution in [0.4, 0.5) is 0 Å². The van der Waals surface area contributed by atoms with Gasteiger partial charge in [-0.3, -0.25) is 24.6 Å². The molecule has 0 aliphatic heterocycles. The molecule has 3 N–H and O–H groups in total. The van der Waals surface area contributed by atoms with E-state index in [2.05, 4.69) is 25.5 Å². The Kier molecular flexibility index (Phi) is 21.3. The van der Waals surface area contributed by atoms with Crippen LogP contribution < -0.4 is 10.3 Å². The van der Waals surface area contributed by atoms with Crippen molar-refractivity contribution < 1.29 is 31.1 Å². The molecule has 0 aliphatic carbocycles. The summed E-state index contributed by atoms with van der Waals surface area (Å²) in [7, 11) is 20.1. The Morgan fingerprint density at radius 3 is 1.77 bits per heavy atom. The predicted octanol–water partition coefficient (Wildman–Crippen LogP) is 12.5. The van der Waals surface area contributed by atoms with Crippen molar-refractivity contribution in [3.8, 4) is 17.1 Å². The Bertz CT molecular complexity index is 2380. The van der Waals surface area contributed by atoms with Crippen LogP contribution in [0.25, 0.3) is 17.0 Å². The topological polar surface area (TPSA) is 151 Å². The Morgan fingerprint density at radius 2 is 1.32 bits per heavy atom. The zero-order valence-corrected chi connectivity index (χ0v) is 37.0. The minimum absolute atomic E-state index is 0. The molecule has 0 radical (unpaired) electrons. The maximum atomic E-state index is 11.8. The zero-order valence-electron chi connectivity index (χ0n) is 30.2. The summed E-state index contributed by atoms with van der Waals surface area (Å²) in [5.74, 6) is 0.328. The van der Waals surface area contributed by atoms with Gasteiger partial charge in [0.25, 0.3) is 5.56 Å². The number of nitrogens with zero attached hydrogens (tertiary/aromatic N) is 3. The number of H-pyrrole nitrogens is 3. The number of halogens is 7. The van der Waals surface area contributed by atoms with Gasteiger partial charge >= 0.3 is 49.6 Å². The first-order valence-electron chi connectivity index (χ1n) is 16.4. The van der Waals surface area contributed by atoms with Crippen molar-refractivity contribution in [2.75, 3.05) is 6.61 Å². The van der Waals surface area contributed by atoms with E-state index in [1.165, 1.54) is 6.07 Å². The van der Waals surface area contributed by atoms with Gasteiger partial charge in [-0.25, -0.2) is 0 Å². The van der Waals surface area contributed by atoms with Crippen molar-refractivity contribution in [2.24, 2.45) is 0 Å². The molecular formula is C38H39Cl7N6O5Ti. The second-order valence-corrected chi connectivity index (χ2v) is 28.0. The monoisotopic (exact) mass is 952 g/mol. The number of Topliss-reactive ketones (excluding diaryl/α,β-unsaturated/α-hetero) is 2. The van der Waals surface area contributed by atoms with Crippen LogP contribution in [0, 0.1) is 20.8 Å². The summed E-state index contributed by atoms with van der Waals surface area (Å²) >= 11 is 14.7. The van der Waals surface area contributed by atoms with Crippen molar-refractivity contribution in [1.29, 1.82) is 0 Å². The first kappa shape index (κ1) is 49.7. The third kappa shape index (κ3) is 17.5. The molecule has 7 aromatic rings. The van der Waals surface area contributed by atoms with Crippen molar-refractivity contribution in [2.45, 2.75) is 41.5 Å². The summed E-state index contributed by atoms with van der Waals surface area (Å²) in [6.07, 6.45) is 2.17. The van der Waals surface area contributed by atoms with Crippen molar-refractivity contribution in [1.82, 2.24) is 30.0 Å². The van der Waals surface area contributed by atoms with Gasteiger partial charge in [-0.1, -0.05) is 91.6 Å². The fourth-order valence-corrected chi connectivity index (χ4v) is 5.14. The van der Waals surface area contributed by atoms with Gasteiger partial charge in [0.1, 0.15) is 12.0 Å². The number of aromatic nitrogens is 6. The van der Waals surface area contributed by atoms with Gasteiger partial charge < -0.3 is 14.3 Å². The van der Waals surface area contributed by atoms with E-state index in [0.717, 1.165) is 34.1 Å². The summed E-state index contributed by atoms with van der Waals surface area (Å²) < 4.78 is 12.4. The average molecular weight is 956 g/mol. The number of aromatic amines is 3. The molecule has 0 fully saturated rings. The number of ketones is 2. The Hall–Kier alpha value is -3.49. The maximum absolute atomic E-state index is 11.8. The Balaban J connectivity index is 0.000000260. The van der Waals surface area contributed by atoms with Gasteiger partial charge in [-0.15, -0.1) is 5.10 Å². The number of oxazole rings is 1. The van der Waals surface area contributed by atoms with Crippen molar-refractivity contribution >= 4 is 89.3 Å². The number of carbonyl (C=O) groups excluding carboxylic acids is 2. The number of nitrogens with one attached hydrogen (secondary N) is 3. The van der Waals surface area contributed by atoms with Crippen LogP contribution in [0.5, 0.6) is 5.88 Å². The van der Waals surface area contributed by atoms with E-state index >= 15 is 0 Å². The van der Waals surface area contributed by atoms with E-state index in [9.17, 15) is 14.4 Å². The summed E-state index contributed by atoms with van der Waals surface area (Å²) in [6, 6.07) is 26.7. The molecule has 0 amide bonds. The zero-order chi connectivity index (χ0) is 41.4. The summed E-state index contributed by atoms with van der Waals surface area (Å²) in [5, 5.41) is 17.6. The van der Waals surface area contributed by atoms with E-state index < -0.39 is 12.3 Å². The first-order valence-corrected chi connectivity index (χ1v) is 26.1. The molecule has 0 spiro atoms. The van der Waals surface area contributed by atoms with Crippen LogP contribution in [0.1, 0.15) is 58.6 Å². The summed E-state index contributed by atoms with van der Waals surface area (Å²) in [6.45, 7) is 7.35. The number of hydrogen-bond donors (Lipinski definition) is 3. The quantitative estimate of drug-likeness (QED) is 0.106. The third-order valence-electron chi connectivity index (χ3n) is 6.90. The van der Waals surface area contributed by atoms with Crippen molar-refractivity contribution in [3.63, 3.8) is 0 Å². The number of rotatable bonds is 7. The molecule has 4 aromatic heterocycles. The molecule has 0 unspecified atom stereocenters. The number of hydrogen-bond acceptors (Lipinski definition) is 7. The summed E-state index contributed by atoms with van der Waals surface area (Å²) in [5.41, 5.74) is 6.20. The van der Waals surface area contributed by atoms with Gasteiger partial charge in [-0.2, -0.15) is 9.61 Å². The van der Waals surface area contributed by atoms with Gasteiger partial charge in [0.15, 0.2) is 12.4 Å². The fraction of sp³-hybridized carbons (Fsp3) is 0.184. The molecule has 3 aromatic carbocycles. The SMILES string of the molecule is C.CCC(=O)c1ccccc1Cl.Cc1cc(=O)[nH][nH]1.Cc1cc(OCC(=O)c2ccccc2Cl)n[nH]1.Cc1cc2occ(-c3ccccc3Cl)n2n1.[Cl][Ti]([Cl])([Cl])[Cl]. The van der Waals surface area contributed by atoms with Crippen LogP contribution in [-0.4, -0.2) is 48.2 Å². The average Bonchev–Trinajstić information content (AvgIpc) is 3.93. The van der Waals surface area contributed by atoms with Crippen LogP contribution >= 0.6 is 72.0 Å². The van der Waals surface area contributed by atoms with Crippen LogP contribution in [-0.2, 0) is 12.3 Å². The molecular weight excluding hydrogens is 916 g/mol. The Morgan fingerprint density at radius 1 is 0.772 bits per heavy atom. The number of fused-ring (bicyclic) bond motifs is 1. The van der Waals surface area contributed by atoms with E-state index in [1.807, 2.05) is 70.2 Å². The van der Waals surface area contributed by atoms with E-state index in [-0.39, 0.29) is 31.2 Å². The van der Waals surface area contributed by atoms with Gasteiger partial charge in [0.2, 0.25) is 17.4 Å². The summed E-state index contributed by atoms with van der Waals surface area (Å²) in [4.78, 5) is 33.2. The first-order chi connectivity index (χ1) is 26.5. The van der Waals surface area contributed by atoms with Crippen molar-refractivity contribution in [3.05, 3.63) is 151 Å². The molecule has 0 aliphatic rings. The molecule has 304 valence electrons. The van der Waals surface area contributed by atoms with E-state index in [0.29, 0.717) is 38.5 Å². The molecule has 7 rings (SSSR count). The molecule has 4 heterocycles. The minimum atomic E-state index is -3.11. The van der Waals surface area contributed by atoms with E-state index in [1.54, 1.807) is 53.2 Å². The number of carbonyl (C=O) groups is 2. The Labute approximate surface area is 363 Å². The number of benzene rings is 3. The molecule has 0 atom stereocenters. The van der Waals surface area contributed by atoms with Crippen LogP contribution in [0.15, 0.2) is 106 Å². The molecule has 11 nitrogen and oxygen atoms in total. The molecule has 19 heteroatoms. The van der Waals surface area contributed by atoms with Crippen LogP contribution in [0.3, 0.4) is 0 Å². The number of ether oxygens (including phenoxy) is 1. The normalized spacial score (nSPS) is 10.2. The molecule has 0 bridgehead atoms. The van der Waals surface area contributed by atoms with Gasteiger partial charge in [0.05, 0.1) is 20.8 Å². The molecule has 0 saturated carbocycles. The third-order valence-corrected chi connectivity index (χ3v) is 7.89. The molecule has 0 saturated heterocycles. The molecule has 57 heavy (non-hydrogen) atoms. The second kappa shape index (κ2) is 24.4. The number of aryl methyl sites for hydroxylation is 3. The predicted molar refractivity (Wildman–Crippen MR) is 230 cm³/mol.